The van der Waals surface area contributed by atoms with Crippen LogP contribution in [-0.2, 0) is 19.7 Å². The number of carbonyl (C=O) groups is 1. The summed E-state index contributed by atoms with van der Waals surface area (Å²) in [7, 11) is -3.49. The van der Waals surface area contributed by atoms with Crippen molar-refractivity contribution in [2.75, 3.05) is 12.8 Å². The highest BCUT2D eigenvalue weighted by atomic mass is 35.5. The number of hydrogen-bond acceptors (Lipinski definition) is 6. The Morgan fingerprint density at radius 1 is 1.33 bits per heavy atom. The molecule has 0 bridgehead atoms. The number of benzene rings is 1. The van der Waals surface area contributed by atoms with Gasteiger partial charge < -0.3 is 21.0 Å². The number of carbonyl (C=O) groups excluding carboxylic acids is 1. The molecule has 9 nitrogen and oxygen atoms in total. The number of oxime groups is 1. The number of guanidine groups is 1. The molecule has 30 heavy (non-hydrogen) atoms. The van der Waals surface area contributed by atoms with Crippen LogP contribution in [-0.4, -0.2) is 43.1 Å². The zero-order valence-corrected chi connectivity index (χ0v) is 19.4. The summed E-state index contributed by atoms with van der Waals surface area (Å²) in [6.45, 7) is 6.14. The van der Waals surface area contributed by atoms with E-state index in [1.165, 1.54) is 10.6 Å². The molecule has 1 atom stereocenters. The molecular weight excluding hydrogens is 432 g/mol. The van der Waals surface area contributed by atoms with Crippen LogP contribution in [0, 0.1) is 6.92 Å². The van der Waals surface area contributed by atoms with Gasteiger partial charge in [0.2, 0.25) is 16.0 Å². The Morgan fingerprint density at radius 3 is 2.60 bits per heavy atom. The topological polar surface area (TPSA) is 137 Å². The molecule has 1 unspecified atom stereocenters. The molecule has 2 rings (SSSR count). The van der Waals surface area contributed by atoms with Crippen LogP contribution in [0.5, 0.6) is 5.75 Å². The number of nitrogens with two attached hydrogens (primary N) is 2. The summed E-state index contributed by atoms with van der Waals surface area (Å²) < 4.78 is 32.7. The molecule has 1 aliphatic rings. The minimum atomic E-state index is -3.49. The molecule has 0 amide bonds. The Morgan fingerprint density at radius 2 is 2.00 bits per heavy atom. The lowest BCUT2D eigenvalue weighted by atomic mass is 9.89. The van der Waals surface area contributed by atoms with Crippen LogP contribution in [0.2, 0.25) is 0 Å². The summed E-state index contributed by atoms with van der Waals surface area (Å²) in [5.74, 6) is -0.207. The number of rotatable bonds is 8. The van der Waals surface area contributed by atoms with Gasteiger partial charge in [-0.05, 0) is 44.8 Å². The number of sulfonamides is 1. The van der Waals surface area contributed by atoms with Crippen LogP contribution in [0.4, 0.5) is 0 Å². The van der Waals surface area contributed by atoms with Crippen LogP contribution in [0.25, 0.3) is 0 Å². The normalized spacial score (nSPS) is 17.3. The zero-order valence-electron chi connectivity index (χ0n) is 17.8. The van der Waals surface area contributed by atoms with Crippen molar-refractivity contribution < 1.29 is 22.8 Å². The maximum Gasteiger partial charge on any atom is 0.335 e. The molecule has 0 saturated carbocycles. The number of ether oxygens (including phenoxy) is 1. The van der Waals surface area contributed by atoms with Crippen molar-refractivity contribution in [2.24, 2.45) is 16.6 Å². The summed E-state index contributed by atoms with van der Waals surface area (Å²) in [5, 5.41) is 3.20. The monoisotopic (exact) mass is 462 g/mol. The third kappa shape index (κ3) is 7.33. The van der Waals surface area contributed by atoms with Crippen LogP contribution in [0.3, 0.4) is 0 Å². The quantitative estimate of drug-likeness (QED) is 0.198. The van der Waals surface area contributed by atoms with Crippen molar-refractivity contribution in [1.82, 2.24) is 4.31 Å². The predicted molar refractivity (Wildman–Crippen MR) is 118 cm³/mol. The molecule has 1 aromatic carbocycles. The molecule has 1 aromatic rings. The molecule has 11 heteroatoms. The molecule has 0 aromatic heterocycles. The molecule has 1 aliphatic heterocycles. The standard InChI is InChI=1S/C19H30N4O5S.ClH/c1-13-8-9-16-14(11-13)15(12-19(2,3)27-16)23(29(4,25)26)10-6-5-7-17(24)28-22-18(20)21;/h8-9,11,15H,5-7,10,12H2,1-4H3,(H4,20,21,22);1H. The van der Waals surface area contributed by atoms with Gasteiger partial charge in [-0.3, -0.25) is 0 Å². The Hall–Kier alpha value is -2.04. The Balaban J connectivity index is 0.00000450. The summed E-state index contributed by atoms with van der Waals surface area (Å²) in [6.07, 6.45) is 2.76. The lowest BCUT2D eigenvalue weighted by Gasteiger charge is -2.41. The zero-order chi connectivity index (χ0) is 21.8. The van der Waals surface area contributed by atoms with Gasteiger partial charge in [0.05, 0.1) is 12.3 Å². The fourth-order valence-electron chi connectivity index (χ4n) is 3.43. The second-order valence-electron chi connectivity index (χ2n) is 7.93. The van der Waals surface area contributed by atoms with E-state index < -0.39 is 21.6 Å². The van der Waals surface area contributed by atoms with Gasteiger partial charge >= 0.3 is 5.97 Å². The lowest BCUT2D eigenvalue weighted by Crippen LogP contribution is -2.43. The maximum absolute atomic E-state index is 12.6. The Bertz CT molecular complexity index is 885. The maximum atomic E-state index is 12.6. The average molecular weight is 463 g/mol. The first-order valence-electron chi connectivity index (χ1n) is 9.44. The number of nitrogens with zero attached hydrogens (tertiary/aromatic N) is 2. The van der Waals surface area contributed by atoms with Gasteiger partial charge in [0, 0.05) is 24.9 Å². The first kappa shape index (κ1) is 26.0. The van der Waals surface area contributed by atoms with Crippen LogP contribution >= 0.6 is 12.4 Å². The minimum absolute atomic E-state index is 0. The van der Waals surface area contributed by atoms with Gasteiger partial charge in [-0.25, -0.2) is 13.2 Å². The summed E-state index contributed by atoms with van der Waals surface area (Å²) in [6, 6.07) is 5.47. The Labute approximate surface area is 184 Å². The molecular formula is C19H31ClN4O5S. The average Bonchev–Trinajstić information content (AvgIpc) is 2.58. The number of hydrogen-bond donors (Lipinski definition) is 2. The van der Waals surface area contributed by atoms with Crippen molar-refractivity contribution in [1.29, 1.82) is 0 Å². The predicted octanol–water partition coefficient (Wildman–Crippen LogP) is 2.18. The molecule has 1 heterocycles. The number of fused-ring (bicyclic) bond motifs is 1. The fourth-order valence-corrected chi connectivity index (χ4v) is 4.54. The van der Waals surface area contributed by atoms with Crippen molar-refractivity contribution in [3.05, 3.63) is 29.3 Å². The van der Waals surface area contributed by atoms with Crippen molar-refractivity contribution in [3.8, 4) is 5.75 Å². The number of halogens is 1. The van der Waals surface area contributed by atoms with E-state index in [1.807, 2.05) is 39.0 Å². The van der Waals surface area contributed by atoms with E-state index in [9.17, 15) is 13.2 Å². The van der Waals surface area contributed by atoms with Gasteiger partial charge in [0.15, 0.2) is 0 Å². The highest BCUT2D eigenvalue weighted by molar-refractivity contribution is 7.88. The molecule has 0 radical (unpaired) electrons. The summed E-state index contributed by atoms with van der Waals surface area (Å²) in [5.41, 5.74) is 11.6. The third-order valence-electron chi connectivity index (χ3n) is 4.63. The van der Waals surface area contributed by atoms with Gasteiger partial charge in [0.25, 0.3) is 0 Å². The van der Waals surface area contributed by atoms with Gasteiger partial charge in [-0.2, -0.15) is 4.31 Å². The van der Waals surface area contributed by atoms with Crippen LogP contribution < -0.4 is 16.2 Å². The van der Waals surface area contributed by atoms with E-state index in [0.717, 1.165) is 11.1 Å². The first-order valence-corrected chi connectivity index (χ1v) is 11.3. The van der Waals surface area contributed by atoms with Gasteiger partial charge in [-0.1, -0.05) is 17.7 Å². The highest BCUT2D eigenvalue weighted by Crippen LogP contribution is 2.43. The smallest absolute Gasteiger partial charge is 0.335 e. The lowest BCUT2D eigenvalue weighted by molar-refractivity contribution is -0.143. The molecule has 0 aliphatic carbocycles. The van der Waals surface area contributed by atoms with E-state index in [1.54, 1.807) is 0 Å². The van der Waals surface area contributed by atoms with E-state index in [4.69, 9.17) is 16.2 Å². The van der Waals surface area contributed by atoms with Gasteiger partial charge in [-0.15, -0.1) is 12.4 Å². The third-order valence-corrected chi connectivity index (χ3v) is 5.92. The second-order valence-corrected chi connectivity index (χ2v) is 9.87. The molecule has 0 saturated heterocycles. The summed E-state index contributed by atoms with van der Waals surface area (Å²) in [4.78, 5) is 16.1. The van der Waals surface area contributed by atoms with E-state index in [2.05, 4.69) is 9.99 Å². The van der Waals surface area contributed by atoms with Crippen molar-refractivity contribution in [3.63, 3.8) is 0 Å². The largest absolute Gasteiger partial charge is 0.487 e. The van der Waals surface area contributed by atoms with Crippen molar-refractivity contribution in [2.45, 2.75) is 58.1 Å². The van der Waals surface area contributed by atoms with E-state index in [-0.39, 0.29) is 37.4 Å². The molecule has 0 spiro atoms. The minimum Gasteiger partial charge on any atom is -0.487 e. The molecule has 4 N–H and O–H groups in total. The highest BCUT2D eigenvalue weighted by Gasteiger charge is 2.39. The first-order chi connectivity index (χ1) is 13.4. The molecule has 0 fully saturated rings. The number of unbranched alkanes of at least 4 members (excludes halogenated alkanes) is 1. The Kier molecular flexibility index (Phi) is 8.94. The van der Waals surface area contributed by atoms with Crippen LogP contribution in [0.1, 0.15) is 56.7 Å². The van der Waals surface area contributed by atoms with Crippen LogP contribution in [0.15, 0.2) is 23.4 Å². The fraction of sp³-hybridized carbons (Fsp3) is 0.579. The SMILES string of the molecule is Cc1ccc2c(c1)C(N(CCCCC(=O)ON=C(N)N)S(C)(=O)=O)CC(C)(C)O2.Cl. The summed E-state index contributed by atoms with van der Waals surface area (Å²) >= 11 is 0. The molecule has 170 valence electrons. The van der Waals surface area contributed by atoms with E-state index >= 15 is 0 Å². The number of aryl methyl sites for hydroxylation is 1. The van der Waals surface area contributed by atoms with Crippen molar-refractivity contribution >= 4 is 34.4 Å². The second kappa shape index (κ2) is 10.3. The van der Waals surface area contributed by atoms with Gasteiger partial charge in [0.1, 0.15) is 11.4 Å². The van der Waals surface area contributed by atoms with E-state index in [0.29, 0.717) is 25.0 Å².